The summed E-state index contributed by atoms with van der Waals surface area (Å²) in [6.45, 7) is -1.20. The maximum Gasteiger partial charge on any atom is 0.333 e. The van der Waals surface area contributed by atoms with Crippen molar-refractivity contribution in [2.24, 2.45) is 0 Å². The minimum Gasteiger partial charge on any atom is -0.480 e. The van der Waals surface area contributed by atoms with Crippen LogP contribution in [0.2, 0.25) is 0 Å². The molecule has 2 aromatic rings. The summed E-state index contributed by atoms with van der Waals surface area (Å²) in [5.74, 6) is -5.65. The Hall–Kier alpha value is -4.68. The van der Waals surface area contributed by atoms with Gasteiger partial charge in [-0.3, -0.25) is 24.5 Å². The van der Waals surface area contributed by atoms with Crippen molar-refractivity contribution in [3.8, 4) is 0 Å². The number of benzene rings is 2. The molecule has 1 atom stereocenters. The smallest absolute Gasteiger partial charge is 0.333 e. The molecule has 0 fully saturated rings. The van der Waals surface area contributed by atoms with Crippen molar-refractivity contribution in [3.05, 3.63) is 64.2 Å². The highest BCUT2D eigenvalue weighted by atomic mass is 16.6. The van der Waals surface area contributed by atoms with Crippen LogP contribution in [0, 0.1) is 10.1 Å². The average Bonchev–Trinajstić information content (AvgIpc) is 2.75. The Kier molecular flexibility index (Phi) is 7.74. The highest BCUT2D eigenvalue weighted by Gasteiger charge is 2.44. The molecule has 180 valence electrons. The number of aliphatic carboxylic acids is 4. The second-order valence-corrected chi connectivity index (χ2v) is 7.29. The quantitative estimate of drug-likeness (QED) is 0.255. The molecule has 0 heterocycles. The van der Waals surface area contributed by atoms with Gasteiger partial charge in [-0.25, -0.2) is 4.79 Å². The van der Waals surface area contributed by atoms with Crippen molar-refractivity contribution >= 4 is 40.9 Å². The molecule has 0 saturated heterocycles. The topological polar surface area (TPSA) is 199 Å². The Morgan fingerprint density at radius 1 is 0.824 bits per heavy atom. The lowest BCUT2D eigenvalue weighted by atomic mass is 9.88. The maximum absolute atomic E-state index is 12.5. The zero-order valence-corrected chi connectivity index (χ0v) is 17.8. The molecule has 13 heteroatoms. The van der Waals surface area contributed by atoms with Gasteiger partial charge in [-0.05, 0) is 36.8 Å². The van der Waals surface area contributed by atoms with E-state index in [1.54, 1.807) is 0 Å². The Morgan fingerprint density at radius 3 is 1.71 bits per heavy atom. The van der Waals surface area contributed by atoms with Crippen molar-refractivity contribution in [1.82, 2.24) is 0 Å². The Bertz CT molecular complexity index is 1100. The van der Waals surface area contributed by atoms with E-state index < -0.39 is 54.0 Å². The van der Waals surface area contributed by atoms with Gasteiger partial charge in [0, 0.05) is 12.1 Å². The number of carbonyl (C=O) groups is 4. The van der Waals surface area contributed by atoms with Crippen LogP contribution in [0.15, 0.2) is 48.5 Å². The fourth-order valence-corrected chi connectivity index (χ4v) is 3.43. The first-order valence-corrected chi connectivity index (χ1v) is 9.63. The monoisotopic (exact) mass is 475 g/mol. The molecule has 34 heavy (non-hydrogen) atoms. The van der Waals surface area contributed by atoms with E-state index in [-0.39, 0.29) is 22.6 Å². The SMILES string of the molecule is CC(C(=O)O)(c1ccc([N+](=O)[O-])cc1)N(CC(=O)O)c1ccccc1N(CC(=O)O)CC(=O)O. The zero-order valence-electron chi connectivity index (χ0n) is 17.8. The van der Waals surface area contributed by atoms with Crippen LogP contribution in [0.25, 0.3) is 0 Å². The van der Waals surface area contributed by atoms with Crippen molar-refractivity contribution in [2.45, 2.75) is 12.5 Å². The molecule has 0 bridgehead atoms. The molecule has 2 rings (SSSR count). The summed E-state index contributed by atoms with van der Waals surface area (Å²) in [5, 5.41) is 49.2. The first-order chi connectivity index (χ1) is 15.9. The summed E-state index contributed by atoms with van der Waals surface area (Å²) in [6.07, 6.45) is 0. The molecular formula is C21H21N3O10. The lowest BCUT2D eigenvalue weighted by Crippen LogP contribution is -2.52. The number of hydrogen-bond acceptors (Lipinski definition) is 8. The van der Waals surface area contributed by atoms with E-state index in [0.29, 0.717) is 0 Å². The molecule has 0 aliphatic carbocycles. The maximum atomic E-state index is 12.5. The summed E-state index contributed by atoms with van der Waals surface area (Å²) < 4.78 is 0. The fourth-order valence-electron chi connectivity index (χ4n) is 3.43. The van der Waals surface area contributed by atoms with Crippen LogP contribution in [-0.2, 0) is 24.7 Å². The van der Waals surface area contributed by atoms with E-state index in [1.807, 2.05) is 0 Å². The van der Waals surface area contributed by atoms with Gasteiger partial charge in [0.05, 0.1) is 16.3 Å². The predicted molar refractivity (Wildman–Crippen MR) is 117 cm³/mol. The van der Waals surface area contributed by atoms with E-state index in [1.165, 1.54) is 43.3 Å². The third-order valence-electron chi connectivity index (χ3n) is 5.06. The van der Waals surface area contributed by atoms with Crippen molar-refractivity contribution in [1.29, 1.82) is 0 Å². The number of non-ortho nitro benzene ring substituents is 1. The van der Waals surface area contributed by atoms with Crippen LogP contribution in [0.3, 0.4) is 0 Å². The standard InChI is InChI=1S/C21H21N3O10/c1-21(20(31)32,13-6-8-14(9-7-13)24(33)34)23(12-19(29)30)16-5-3-2-4-15(16)22(10-17(25)26)11-18(27)28/h2-9H,10-12H2,1H3,(H,25,26)(H,27,28)(H,29,30)(H,31,32). The molecule has 2 aromatic carbocycles. The Morgan fingerprint density at radius 2 is 1.29 bits per heavy atom. The number of nitro benzene ring substituents is 1. The fraction of sp³-hybridized carbons (Fsp3) is 0.238. The van der Waals surface area contributed by atoms with Gasteiger partial charge in [-0.2, -0.15) is 0 Å². The largest absolute Gasteiger partial charge is 0.480 e. The lowest BCUT2D eigenvalue weighted by molar-refractivity contribution is -0.384. The summed E-state index contributed by atoms with van der Waals surface area (Å²) in [4.78, 5) is 59.2. The molecule has 0 aliphatic heterocycles. The molecule has 13 nitrogen and oxygen atoms in total. The third kappa shape index (κ3) is 5.56. The first-order valence-electron chi connectivity index (χ1n) is 9.63. The number of carboxylic acid groups (broad SMARTS) is 4. The third-order valence-corrected chi connectivity index (χ3v) is 5.06. The second-order valence-electron chi connectivity index (χ2n) is 7.29. The van der Waals surface area contributed by atoms with Gasteiger partial charge < -0.3 is 30.2 Å². The van der Waals surface area contributed by atoms with E-state index >= 15 is 0 Å². The van der Waals surface area contributed by atoms with Crippen LogP contribution in [0.4, 0.5) is 17.1 Å². The molecule has 4 N–H and O–H groups in total. The van der Waals surface area contributed by atoms with Gasteiger partial charge in [0.1, 0.15) is 19.6 Å². The van der Waals surface area contributed by atoms with Crippen molar-refractivity contribution in [2.75, 3.05) is 29.4 Å². The second kappa shape index (κ2) is 10.3. The van der Waals surface area contributed by atoms with Gasteiger partial charge in [-0.1, -0.05) is 12.1 Å². The van der Waals surface area contributed by atoms with Gasteiger partial charge >= 0.3 is 23.9 Å². The molecule has 0 amide bonds. The van der Waals surface area contributed by atoms with E-state index in [0.717, 1.165) is 21.9 Å². The minimum absolute atomic E-state index is 0.00433. The first kappa shape index (κ1) is 25.6. The number of anilines is 2. The predicted octanol–water partition coefficient (Wildman–Crippen LogP) is 1.46. The number of nitrogens with zero attached hydrogens (tertiary/aromatic N) is 3. The summed E-state index contributed by atoms with van der Waals surface area (Å²) in [6, 6.07) is 10.1. The van der Waals surface area contributed by atoms with Crippen LogP contribution in [-0.4, -0.2) is 68.9 Å². The molecule has 0 saturated carbocycles. The van der Waals surface area contributed by atoms with E-state index in [4.69, 9.17) is 0 Å². The van der Waals surface area contributed by atoms with Gasteiger partial charge in [-0.15, -0.1) is 0 Å². The highest BCUT2D eigenvalue weighted by Crippen LogP contribution is 2.39. The van der Waals surface area contributed by atoms with Crippen LogP contribution < -0.4 is 9.80 Å². The normalized spacial score (nSPS) is 12.3. The van der Waals surface area contributed by atoms with Crippen LogP contribution >= 0.6 is 0 Å². The van der Waals surface area contributed by atoms with Crippen LogP contribution in [0.1, 0.15) is 12.5 Å². The van der Waals surface area contributed by atoms with Crippen LogP contribution in [0.5, 0.6) is 0 Å². The summed E-state index contributed by atoms with van der Waals surface area (Å²) >= 11 is 0. The van der Waals surface area contributed by atoms with Gasteiger partial charge in [0.2, 0.25) is 0 Å². The lowest BCUT2D eigenvalue weighted by Gasteiger charge is -2.41. The highest BCUT2D eigenvalue weighted by molar-refractivity contribution is 5.91. The number of nitro groups is 1. The van der Waals surface area contributed by atoms with Crippen molar-refractivity contribution in [3.63, 3.8) is 0 Å². The van der Waals surface area contributed by atoms with E-state index in [9.17, 15) is 49.7 Å². The molecule has 0 aromatic heterocycles. The van der Waals surface area contributed by atoms with Gasteiger partial charge in [0.15, 0.2) is 5.54 Å². The summed E-state index contributed by atoms with van der Waals surface area (Å²) in [5.41, 5.74) is -2.49. The average molecular weight is 475 g/mol. The van der Waals surface area contributed by atoms with Crippen molar-refractivity contribution < 1.29 is 44.5 Å². The molecule has 0 radical (unpaired) electrons. The number of hydrogen-bond donors (Lipinski definition) is 4. The molecule has 1 unspecified atom stereocenters. The zero-order chi connectivity index (χ0) is 25.6. The number of rotatable bonds is 12. The molecular weight excluding hydrogens is 454 g/mol. The Labute approximate surface area is 192 Å². The molecule has 0 aliphatic rings. The van der Waals surface area contributed by atoms with E-state index in [2.05, 4.69) is 0 Å². The molecule has 0 spiro atoms. The minimum atomic E-state index is -2.10. The number of para-hydroxylation sites is 2. The van der Waals surface area contributed by atoms with Gasteiger partial charge in [0.25, 0.3) is 5.69 Å². The Balaban J connectivity index is 2.76. The summed E-state index contributed by atoms with van der Waals surface area (Å²) in [7, 11) is 0. The number of carboxylic acids is 4.